The Labute approximate surface area is 135 Å². The third kappa shape index (κ3) is 4.02. The molecule has 2 atom stereocenters. The van der Waals surface area contributed by atoms with Crippen LogP contribution >= 0.6 is 0 Å². The van der Waals surface area contributed by atoms with Gasteiger partial charge in [-0.2, -0.15) is 0 Å². The third-order valence-electron chi connectivity index (χ3n) is 4.82. The normalized spacial score (nSPS) is 20.8. The van der Waals surface area contributed by atoms with Crippen molar-refractivity contribution in [3.63, 3.8) is 0 Å². The number of ether oxygens (including phenoxy) is 1. The largest absolute Gasteiger partial charge is 0.494 e. The van der Waals surface area contributed by atoms with E-state index in [2.05, 4.69) is 36.9 Å². The number of benzene rings is 1. The molecule has 0 saturated carbocycles. The first-order chi connectivity index (χ1) is 10.7. The summed E-state index contributed by atoms with van der Waals surface area (Å²) in [4.78, 5) is 2.66. The molecule has 2 unspecified atom stereocenters. The van der Waals surface area contributed by atoms with E-state index in [4.69, 9.17) is 10.5 Å². The lowest BCUT2D eigenvalue weighted by molar-refractivity contribution is 0.127. The molecule has 1 heterocycles. The summed E-state index contributed by atoms with van der Waals surface area (Å²) in [7, 11) is 0. The zero-order valence-corrected chi connectivity index (χ0v) is 14.5. The van der Waals surface area contributed by atoms with Crippen molar-refractivity contribution < 1.29 is 4.74 Å². The minimum atomic E-state index is 0.432. The Morgan fingerprint density at radius 2 is 2.14 bits per heavy atom. The van der Waals surface area contributed by atoms with Gasteiger partial charge in [-0.25, -0.2) is 0 Å². The Morgan fingerprint density at radius 1 is 1.32 bits per heavy atom. The second-order valence-corrected chi connectivity index (χ2v) is 6.40. The summed E-state index contributed by atoms with van der Waals surface area (Å²) < 4.78 is 5.67. The maximum absolute atomic E-state index is 6.18. The maximum Gasteiger partial charge on any atom is 0.122 e. The van der Waals surface area contributed by atoms with Gasteiger partial charge in [-0.15, -0.1) is 0 Å². The third-order valence-corrected chi connectivity index (χ3v) is 4.82. The average molecular weight is 304 g/mol. The zero-order chi connectivity index (χ0) is 15.9. The molecular weight excluding hydrogens is 272 g/mol. The van der Waals surface area contributed by atoms with E-state index in [1.165, 1.54) is 49.9 Å². The van der Waals surface area contributed by atoms with Crippen LogP contribution in [0, 0.1) is 6.92 Å². The quantitative estimate of drug-likeness (QED) is 0.834. The van der Waals surface area contributed by atoms with Gasteiger partial charge in [-0.3, -0.25) is 4.90 Å². The van der Waals surface area contributed by atoms with Crippen LogP contribution in [-0.2, 0) is 0 Å². The van der Waals surface area contributed by atoms with Crippen molar-refractivity contribution in [1.29, 1.82) is 0 Å². The minimum absolute atomic E-state index is 0.432. The van der Waals surface area contributed by atoms with Gasteiger partial charge in [0.15, 0.2) is 0 Å². The fourth-order valence-corrected chi connectivity index (χ4v) is 3.77. The first-order valence-electron chi connectivity index (χ1n) is 8.88. The highest BCUT2D eigenvalue weighted by Crippen LogP contribution is 2.32. The lowest BCUT2D eigenvalue weighted by Gasteiger charge is -2.40. The van der Waals surface area contributed by atoms with Crippen molar-refractivity contribution in [3.8, 4) is 5.75 Å². The zero-order valence-electron chi connectivity index (χ0n) is 14.5. The van der Waals surface area contributed by atoms with Gasteiger partial charge < -0.3 is 10.5 Å². The van der Waals surface area contributed by atoms with Crippen LogP contribution in [0.3, 0.4) is 0 Å². The summed E-state index contributed by atoms with van der Waals surface area (Å²) >= 11 is 0. The van der Waals surface area contributed by atoms with Crippen LogP contribution in [0.25, 0.3) is 0 Å². The van der Waals surface area contributed by atoms with E-state index in [0.29, 0.717) is 18.6 Å². The number of nitrogens with zero attached hydrogens (tertiary/aromatic N) is 1. The van der Waals surface area contributed by atoms with E-state index >= 15 is 0 Å². The van der Waals surface area contributed by atoms with Crippen LogP contribution in [0.1, 0.15) is 56.6 Å². The lowest BCUT2D eigenvalue weighted by atomic mass is 9.84. The Balaban J connectivity index is 2.20. The highest BCUT2D eigenvalue weighted by atomic mass is 16.5. The summed E-state index contributed by atoms with van der Waals surface area (Å²) in [5.74, 6) is 1.43. The van der Waals surface area contributed by atoms with Crippen LogP contribution in [0.5, 0.6) is 5.75 Å². The Hall–Kier alpha value is -1.06. The van der Waals surface area contributed by atoms with Gasteiger partial charge in [0.1, 0.15) is 5.75 Å². The molecule has 0 radical (unpaired) electrons. The van der Waals surface area contributed by atoms with Crippen LogP contribution in [0.4, 0.5) is 0 Å². The van der Waals surface area contributed by atoms with Gasteiger partial charge in [0.25, 0.3) is 0 Å². The molecule has 22 heavy (non-hydrogen) atoms. The molecule has 124 valence electrons. The summed E-state index contributed by atoms with van der Waals surface area (Å²) in [5.41, 5.74) is 8.77. The molecule has 1 aliphatic heterocycles. The van der Waals surface area contributed by atoms with Crippen LogP contribution < -0.4 is 10.5 Å². The molecule has 2 N–H and O–H groups in total. The Morgan fingerprint density at radius 3 is 2.77 bits per heavy atom. The van der Waals surface area contributed by atoms with Crippen molar-refractivity contribution in [2.45, 2.75) is 58.4 Å². The molecule has 0 amide bonds. The molecule has 0 spiro atoms. The first kappa shape index (κ1) is 17.3. The molecule has 3 nitrogen and oxygen atoms in total. The van der Waals surface area contributed by atoms with E-state index in [0.717, 1.165) is 12.3 Å². The summed E-state index contributed by atoms with van der Waals surface area (Å²) in [6.07, 6.45) is 5.15. The molecule has 1 aromatic carbocycles. The monoisotopic (exact) mass is 304 g/mol. The van der Waals surface area contributed by atoms with Crippen molar-refractivity contribution in [2.24, 2.45) is 5.73 Å². The van der Waals surface area contributed by atoms with Crippen molar-refractivity contribution in [2.75, 3.05) is 26.2 Å². The predicted molar refractivity (Wildman–Crippen MR) is 93.6 cm³/mol. The molecule has 0 bridgehead atoms. The van der Waals surface area contributed by atoms with Gasteiger partial charge in [0.05, 0.1) is 6.61 Å². The minimum Gasteiger partial charge on any atom is -0.494 e. The first-order valence-corrected chi connectivity index (χ1v) is 8.88. The van der Waals surface area contributed by atoms with E-state index in [-0.39, 0.29) is 0 Å². The van der Waals surface area contributed by atoms with E-state index in [1.54, 1.807) is 0 Å². The van der Waals surface area contributed by atoms with Gasteiger partial charge in [0, 0.05) is 18.5 Å². The van der Waals surface area contributed by atoms with Gasteiger partial charge in [0.2, 0.25) is 0 Å². The SMILES string of the molecule is CCCN1CCCCC1C(CN)c1ccc(OCC)c(C)c1. The van der Waals surface area contributed by atoms with Crippen molar-refractivity contribution in [1.82, 2.24) is 4.90 Å². The summed E-state index contributed by atoms with van der Waals surface area (Å²) in [6.45, 7) is 10.3. The number of nitrogens with two attached hydrogens (primary N) is 1. The average Bonchev–Trinajstić information content (AvgIpc) is 2.53. The maximum atomic E-state index is 6.18. The van der Waals surface area contributed by atoms with Crippen LogP contribution in [-0.4, -0.2) is 37.2 Å². The van der Waals surface area contributed by atoms with Gasteiger partial charge >= 0.3 is 0 Å². The van der Waals surface area contributed by atoms with Gasteiger partial charge in [-0.05, 0) is 63.4 Å². The fraction of sp³-hybridized carbons (Fsp3) is 0.684. The second kappa shape index (κ2) is 8.54. The molecule has 1 fully saturated rings. The molecule has 0 aliphatic carbocycles. The van der Waals surface area contributed by atoms with Crippen LogP contribution in [0.2, 0.25) is 0 Å². The topological polar surface area (TPSA) is 38.5 Å². The number of hydrogen-bond donors (Lipinski definition) is 1. The standard InChI is InChI=1S/C19H32N2O/c1-4-11-21-12-7-6-8-18(21)17(14-20)16-9-10-19(22-5-2)15(3)13-16/h9-10,13,17-18H,4-8,11-12,14,20H2,1-3H3. The number of aryl methyl sites for hydroxylation is 1. The summed E-state index contributed by atoms with van der Waals surface area (Å²) in [5, 5.41) is 0. The highest BCUT2D eigenvalue weighted by Gasteiger charge is 2.29. The lowest BCUT2D eigenvalue weighted by Crippen LogP contribution is -2.45. The number of rotatable bonds is 7. The smallest absolute Gasteiger partial charge is 0.122 e. The number of likely N-dealkylation sites (tertiary alicyclic amines) is 1. The molecule has 2 rings (SSSR count). The Bertz CT molecular complexity index is 459. The molecule has 1 aromatic rings. The summed E-state index contributed by atoms with van der Waals surface area (Å²) in [6, 6.07) is 7.20. The number of piperidine rings is 1. The van der Waals surface area contributed by atoms with E-state index in [1.807, 2.05) is 6.92 Å². The van der Waals surface area contributed by atoms with Crippen LogP contribution in [0.15, 0.2) is 18.2 Å². The predicted octanol–water partition coefficient (Wildman–Crippen LogP) is 3.70. The molecule has 0 aromatic heterocycles. The fourth-order valence-electron chi connectivity index (χ4n) is 3.77. The molecular formula is C19H32N2O. The van der Waals surface area contributed by atoms with E-state index < -0.39 is 0 Å². The second-order valence-electron chi connectivity index (χ2n) is 6.40. The number of hydrogen-bond acceptors (Lipinski definition) is 3. The van der Waals surface area contributed by atoms with Crippen molar-refractivity contribution >= 4 is 0 Å². The van der Waals surface area contributed by atoms with E-state index in [9.17, 15) is 0 Å². The molecule has 1 aliphatic rings. The molecule has 1 saturated heterocycles. The highest BCUT2D eigenvalue weighted by molar-refractivity contribution is 5.38. The van der Waals surface area contributed by atoms with Gasteiger partial charge in [-0.1, -0.05) is 25.5 Å². The Kier molecular flexibility index (Phi) is 6.71. The van der Waals surface area contributed by atoms with Crippen molar-refractivity contribution in [3.05, 3.63) is 29.3 Å². The molecule has 3 heteroatoms.